The first-order chi connectivity index (χ1) is 6.44. The molecule has 0 bridgehead atoms. The van der Waals surface area contributed by atoms with Crippen LogP contribution in [0.1, 0.15) is 34.1 Å². The zero-order valence-corrected chi connectivity index (χ0v) is 9.33. The Balaban J connectivity index is 2.58. The van der Waals surface area contributed by atoms with Gasteiger partial charge in [0, 0.05) is 6.42 Å². The SMILES string of the molecule is CCC1=NCCN1C(=O)OC(C)(C)C. The third-order valence-corrected chi connectivity index (χ3v) is 1.86. The quantitative estimate of drug-likeness (QED) is 0.647. The lowest BCUT2D eigenvalue weighted by Crippen LogP contribution is -2.38. The molecule has 1 heterocycles. The molecule has 0 N–H and O–H groups in total. The average molecular weight is 198 g/mol. The van der Waals surface area contributed by atoms with Crippen molar-refractivity contribution in [2.75, 3.05) is 13.1 Å². The fraction of sp³-hybridized carbons (Fsp3) is 0.800. The van der Waals surface area contributed by atoms with E-state index in [4.69, 9.17) is 4.74 Å². The molecule has 0 fully saturated rings. The van der Waals surface area contributed by atoms with Crippen LogP contribution >= 0.6 is 0 Å². The minimum atomic E-state index is -0.432. The third-order valence-electron chi connectivity index (χ3n) is 1.86. The van der Waals surface area contributed by atoms with Crippen LogP contribution < -0.4 is 0 Å². The Morgan fingerprint density at radius 2 is 2.21 bits per heavy atom. The highest BCUT2D eigenvalue weighted by molar-refractivity contribution is 5.96. The predicted molar refractivity (Wildman–Crippen MR) is 55.5 cm³/mol. The Bertz CT molecular complexity index is 253. The van der Waals surface area contributed by atoms with Crippen molar-refractivity contribution in [2.45, 2.75) is 39.7 Å². The molecule has 4 nitrogen and oxygen atoms in total. The summed E-state index contributed by atoms with van der Waals surface area (Å²) >= 11 is 0. The summed E-state index contributed by atoms with van der Waals surface area (Å²) in [7, 11) is 0. The Labute approximate surface area is 84.9 Å². The van der Waals surface area contributed by atoms with Crippen LogP contribution in [0.2, 0.25) is 0 Å². The van der Waals surface area contributed by atoms with Crippen LogP contribution in [0, 0.1) is 0 Å². The lowest BCUT2D eigenvalue weighted by atomic mass is 10.2. The molecule has 0 spiro atoms. The van der Waals surface area contributed by atoms with E-state index in [2.05, 4.69) is 4.99 Å². The molecule has 0 aromatic carbocycles. The van der Waals surface area contributed by atoms with Crippen molar-refractivity contribution >= 4 is 11.9 Å². The number of aliphatic imine (C=N–C) groups is 1. The number of amidine groups is 1. The first-order valence-corrected chi connectivity index (χ1v) is 4.98. The number of ether oxygens (including phenoxy) is 1. The van der Waals surface area contributed by atoms with Crippen LogP contribution in [0.3, 0.4) is 0 Å². The van der Waals surface area contributed by atoms with Crippen molar-refractivity contribution in [2.24, 2.45) is 4.99 Å². The van der Waals surface area contributed by atoms with Gasteiger partial charge in [-0.3, -0.25) is 9.89 Å². The number of carbonyl (C=O) groups excluding carboxylic acids is 1. The zero-order chi connectivity index (χ0) is 10.8. The van der Waals surface area contributed by atoms with E-state index in [0.717, 1.165) is 12.3 Å². The normalized spacial score (nSPS) is 16.9. The molecular formula is C10H18N2O2. The van der Waals surface area contributed by atoms with Crippen LogP contribution in [0.15, 0.2) is 4.99 Å². The van der Waals surface area contributed by atoms with E-state index < -0.39 is 5.60 Å². The van der Waals surface area contributed by atoms with Crippen LogP contribution in [0.4, 0.5) is 4.79 Å². The standard InChI is InChI=1S/C10H18N2O2/c1-5-8-11-6-7-12(8)9(13)14-10(2,3)4/h5-7H2,1-4H3. The summed E-state index contributed by atoms with van der Waals surface area (Å²) in [6, 6.07) is 0. The molecule has 0 aromatic rings. The second kappa shape index (κ2) is 3.98. The molecular weight excluding hydrogens is 180 g/mol. The third kappa shape index (κ3) is 2.72. The number of amides is 1. The number of nitrogens with zero attached hydrogens (tertiary/aromatic N) is 2. The molecule has 0 radical (unpaired) electrons. The van der Waals surface area contributed by atoms with Gasteiger partial charge in [-0.2, -0.15) is 0 Å². The highest BCUT2D eigenvalue weighted by Crippen LogP contribution is 2.13. The van der Waals surface area contributed by atoms with Crippen molar-refractivity contribution in [3.05, 3.63) is 0 Å². The Kier molecular flexibility index (Phi) is 3.13. The largest absolute Gasteiger partial charge is 0.443 e. The fourth-order valence-corrected chi connectivity index (χ4v) is 1.31. The van der Waals surface area contributed by atoms with Gasteiger partial charge >= 0.3 is 6.09 Å². The first kappa shape index (κ1) is 11.0. The number of carbonyl (C=O) groups is 1. The van der Waals surface area contributed by atoms with Crippen molar-refractivity contribution in [3.8, 4) is 0 Å². The van der Waals surface area contributed by atoms with E-state index in [0.29, 0.717) is 13.1 Å². The van der Waals surface area contributed by atoms with Gasteiger partial charge in [0.15, 0.2) is 0 Å². The summed E-state index contributed by atoms with van der Waals surface area (Å²) in [4.78, 5) is 17.5. The van der Waals surface area contributed by atoms with Crippen molar-refractivity contribution in [1.29, 1.82) is 0 Å². The van der Waals surface area contributed by atoms with Gasteiger partial charge in [0.25, 0.3) is 0 Å². The van der Waals surface area contributed by atoms with Crippen molar-refractivity contribution in [3.63, 3.8) is 0 Å². The zero-order valence-electron chi connectivity index (χ0n) is 9.33. The van der Waals surface area contributed by atoms with Crippen LogP contribution in [-0.2, 0) is 4.74 Å². The minimum Gasteiger partial charge on any atom is -0.443 e. The Morgan fingerprint density at radius 3 is 2.71 bits per heavy atom. The number of hydrogen-bond donors (Lipinski definition) is 0. The first-order valence-electron chi connectivity index (χ1n) is 4.98. The Hall–Kier alpha value is -1.06. The van der Waals surface area contributed by atoms with E-state index in [1.54, 1.807) is 4.90 Å². The number of hydrogen-bond acceptors (Lipinski definition) is 3. The fourth-order valence-electron chi connectivity index (χ4n) is 1.31. The summed E-state index contributed by atoms with van der Waals surface area (Å²) in [6.07, 6.45) is 0.495. The maximum Gasteiger partial charge on any atom is 0.415 e. The molecule has 80 valence electrons. The van der Waals surface area contributed by atoms with Gasteiger partial charge in [0.2, 0.25) is 0 Å². The summed E-state index contributed by atoms with van der Waals surface area (Å²) in [6.45, 7) is 8.93. The monoisotopic (exact) mass is 198 g/mol. The molecule has 4 heteroatoms. The molecule has 0 saturated carbocycles. The second-order valence-corrected chi connectivity index (χ2v) is 4.28. The van der Waals surface area contributed by atoms with E-state index in [1.807, 2.05) is 27.7 Å². The molecule has 1 amide bonds. The van der Waals surface area contributed by atoms with Gasteiger partial charge in [-0.05, 0) is 20.8 Å². The van der Waals surface area contributed by atoms with Gasteiger partial charge in [-0.1, -0.05) is 6.92 Å². The smallest absolute Gasteiger partial charge is 0.415 e. The van der Waals surface area contributed by atoms with Gasteiger partial charge in [-0.25, -0.2) is 4.79 Å². The topological polar surface area (TPSA) is 41.9 Å². The van der Waals surface area contributed by atoms with Crippen molar-refractivity contribution < 1.29 is 9.53 Å². The van der Waals surface area contributed by atoms with E-state index in [1.165, 1.54) is 0 Å². The maximum absolute atomic E-state index is 11.7. The molecule has 1 aliphatic heterocycles. The lowest BCUT2D eigenvalue weighted by molar-refractivity contribution is 0.0382. The summed E-state index contributed by atoms with van der Waals surface area (Å²) < 4.78 is 5.26. The minimum absolute atomic E-state index is 0.282. The van der Waals surface area contributed by atoms with E-state index >= 15 is 0 Å². The van der Waals surface area contributed by atoms with Gasteiger partial charge in [-0.15, -0.1) is 0 Å². The Morgan fingerprint density at radius 1 is 1.57 bits per heavy atom. The molecule has 0 unspecified atom stereocenters. The number of rotatable bonds is 1. The molecule has 0 saturated heterocycles. The van der Waals surface area contributed by atoms with Crippen molar-refractivity contribution in [1.82, 2.24) is 4.90 Å². The highest BCUT2D eigenvalue weighted by Gasteiger charge is 2.27. The van der Waals surface area contributed by atoms with Gasteiger partial charge in [0.1, 0.15) is 11.4 Å². The average Bonchev–Trinajstić information content (AvgIpc) is 2.47. The lowest BCUT2D eigenvalue weighted by Gasteiger charge is -2.24. The van der Waals surface area contributed by atoms with E-state index in [9.17, 15) is 4.79 Å². The predicted octanol–water partition coefficient (Wildman–Crippen LogP) is 2.05. The highest BCUT2D eigenvalue weighted by atomic mass is 16.6. The summed E-state index contributed by atoms with van der Waals surface area (Å²) in [5.41, 5.74) is -0.432. The second-order valence-electron chi connectivity index (χ2n) is 4.28. The molecule has 0 atom stereocenters. The van der Waals surface area contributed by atoms with Crippen LogP contribution in [0.5, 0.6) is 0 Å². The molecule has 0 aromatic heterocycles. The van der Waals surface area contributed by atoms with E-state index in [-0.39, 0.29) is 6.09 Å². The van der Waals surface area contributed by atoms with Gasteiger partial charge < -0.3 is 4.74 Å². The molecule has 0 aliphatic carbocycles. The maximum atomic E-state index is 11.7. The van der Waals surface area contributed by atoms with Gasteiger partial charge in [0.05, 0.1) is 13.1 Å². The van der Waals surface area contributed by atoms with Crippen LogP contribution in [0.25, 0.3) is 0 Å². The van der Waals surface area contributed by atoms with Crippen LogP contribution in [-0.4, -0.2) is 35.5 Å². The summed E-state index contributed by atoms with van der Waals surface area (Å²) in [5, 5.41) is 0. The molecule has 1 aliphatic rings. The summed E-state index contributed by atoms with van der Waals surface area (Å²) in [5.74, 6) is 0.833. The molecule has 1 rings (SSSR count). The molecule has 14 heavy (non-hydrogen) atoms.